The van der Waals surface area contributed by atoms with Crippen LogP contribution in [0.1, 0.15) is 22.9 Å². The summed E-state index contributed by atoms with van der Waals surface area (Å²) in [6.07, 6.45) is 1.43. The Balaban J connectivity index is 1.58. The van der Waals surface area contributed by atoms with Gasteiger partial charge in [-0.25, -0.2) is 4.98 Å². The molecule has 0 aliphatic rings. The number of nitrogens with zero attached hydrogens (tertiary/aromatic N) is 2. The van der Waals surface area contributed by atoms with Crippen molar-refractivity contribution in [3.05, 3.63) is 73.3 Å². The summed E-state index contributed by atoms with van der Waals surface area (Å²) in [5.41, 5.74) is 2.71. The number of carbonyl (C=O) groups excluding carboxylic acids is 1. The number of rotatable bonds is 10. The monoisotopic (exact) mass is 601 g/mol. The molecule has 0 atom stereocenters. The number of aryl methyl sites for hydroxylation is 3. The van der Waals surface area contributed by atoms with Gasteiger partial charge in [-0.05, 0) is 77.2 Å². The predicted molar refractivity (Wildman–Crippen MR) is 155 cm³/mol. The molecule has 0 spiro atoms. The molecule has 0 saturated heterocycles. The largest absolute Gasteiger partial charge is 0.493 e. The van der Waals surface area contributed by atoms with Crippen molar-refractivity contribution in [1.29, 1.82) is 0 Å². The molecule has 7 nitrogen and oxygen atoms in total. The van der Waals surface area contributed by atoms with Crippen molar-refractivity contribution in [3.8, 4) is 11.5 Å². The quantitative estimate of drug-likeness (QED) is 0.175. The summed E-state index contributed by atoms with van der Waals surface area (Å²) in [6, 6.07) is 13.4. The zero-order valence-electron chi connectivity index (χ0n) is 21.1. The van der Waals surface area contributed by atoms with Gasteiger partial charge >= 0.3 is 0 Å². The van der Waals surface area contributed by atoms with Crippen molar-refractivity contribution < 1.29 is 14.3 Å². The van der Waals surface area contributed by atoms with E-state index in [2.05, 4.69) is 28.2 Å². The first-order valence-corrected chi connectivity index (χ1v) is 14.3. The van der Waals surface area contributed by atoms with Gasteiger partial charge in [0, 0.05) is 15.9 Å². The Morgan fingerprint density at radius 1 is 1.14 bits per heavy atom. The third-order valence-electron chi connectivity index (χ3n) is 5.82. The summed E-state index contributed by atoms with van der Waals surface area (Å²) in [7, 11) is 3.20. The molecule has 0 aliphatic heterocycles. The molecule has 194 valence electrons. The van der Waals surface area contributed by atoms with E-state index in [9.17, 15) is 9.59 Å². The SMILES string of the molecule is CCc1cc2c(=O)n(CCc3ccc(OC)c(OC)c3)c(SCC(=O)Nc3ccc(C)cc3Br)nc2s1. The summed E-state index contributed by atoms with van der Waals surface area (Å²) >= 11 is 6.28. The molecular formula is C27H28BrN3O4S2. The molecule has 0 unspecified atom stereocenters. The second kappa shape index (κ2) is 12.1. The number of hydrogen-bond acceptors (Lipinski definition) is 7. The third-order valence-corrected chi connectivity index (χ3v) is 8.62. The van der Waals surface area contributed by atoms with Gasteiger partial charge in [-0.3, -0.25) is 14.2 Å². The van der Waals surface area contributed by atoms with Crippen LogP contribution in [0.2, 0.25) is 0 Å². The lowest BCUT2D eigenvalue weighted by Gasteiger charge is -2.13. The maximum absolute atomic E-state index is 13.5. The fourth-order valence-corrected chi connectivity index (χ4v) is 6.27. The Labute approximate surface area is 232 Å². The van der Waals surface area contributed by atoms with E-state index in [0.29, 0.717) is 45.5 Å². The molecule has 4 rings (SSSR count). The van der Waals surface area contributed by atoms with Gasteiger partial charge in [0.2, 0.25) is 5.91 Å². The second-order valence-corrected chi connectivity index (χ2v) is 11.3. The first-order chi connectivity index (χ1) is 17.8. The highest BCUT2D eigenvalue weighted by atomic mass is 79.9. The van der Waals surface area contributed by atoms with Crippen LogP contribution in [0.4, 0.5) is 5.69 Å². The van der Waals surface area contributed by atoms with E-state index in [0.717, 1.165) is 26.9 Å². The molecule has 0 saturated carbocycles. The average Bonchev–Trinajstić information content (AvgIpc) is 3.32. The molecule has 2 heterocycles. The number of ether oxygens (including phenoxy) is 2. The van der Waals surface area contributed by atoms with Crippen LogP contribution in [-0.2, 0) is 24.2 Å². The molecule has 4 aromatic rings. The van der Waals surface area contributed by atoms with Gasteiger partial charge in [0.05, 0.1) is 31.0 Å². The Kier molecular flexibility index (Phi) is 8.94. The number of halogens is 1. The van der Waals surface area contributed by atoms with Gasteiger partial charge in [-0.2, -0.15) is 0 Å². The molecule has 2 aromatic carbocycles. The zero-order valence-corrected chi connectivity index (χ0v) is 24.3. The molecular weight excluding hydrogens is 574 g/mol. The van der Waals surface area contributed by atoms with Crippen LogP contribution in [0.3, 0.4) is 0 Å². The number of methoxy groups -OCH3 is 2. The molecule has 1 N–H and O–H groups in total. The highest BCUT2D eigenvalue weighted by Gasteiger charge is 2.17. The summed E-state index contributed by atoms with van der Waals surface area (Å²) in [4.78, 5) is 32.9. The first kappa shape index (κ1) is 27.2. The summed E-state index contributed by atoms with van der Waals surface area (Å²) < 4.78 is 13.2. The van der Waals surface area contributed by atoms with Gasteiger partial charge in [0.25, 0.3) is 5.56 Å². The predicted octanol–water partition coefficient (Wildman–Crippen LogP) is 6.08. The number of amides is 1. The minimum Gasteiger partial charge on any atom is -0.493 e. The fourth-order valence-electron chi connectivity index (χ4n) is 3.84. The molecule has 1 amide bonds. The Hall–Kier alpha value is -2.82. The van der Waals surface area contributed by atoms with Crippen molar-refractivity contribution in [1.82, 2.24) is 9.55 Å². The second-order valence-electron chi connectivity index (χ2n) is 8.40. The Bertz CT molecular complexity index is 1500. The van der Waals surface area contributed by atoms with Crippen LogP contribution in [0.25, 0.3) is 10.2 Å². The minimum atomic E-state index is -0.171. The van der Waals surface area contributed by atoms with Gasteiger partial charge in [0.15, 0.2) is 16.7 Å². The van der Waals surface area contributed by atoms with Crippen molar-refractivity contribution in [3.63, 3.8) is 0 Å². The lowest BCUT2D eigenvalue weighted by molar-refractivity contribution is -0.113. The molecule has 2 aromatic heterocycles. The lowest BCUT2D eigenvalue weighted by Crippen LogP contribution is -2.24. The van der Waals surface area contributed by atoms with E-state index in [-0.39, 0.29) is 17.2 Å². The lowest BCUT2D eigenvalue weighted by atomic mass is 10.1. The Morgan fingerprint density at radius 3 is 2.62 bits per heavy atom. The third kappa shape index (κ3) is 6.37. The van der Waals surface area contributed by atoms with E-state index in [1.807, 2.05) is 49.4 Å². The first-order valence-electron chi connectivity index (χ1n) is 11.8. The number of thioether (sulfide) groups is 1. The van der Waals surface area contributed by atoms with E-state index in [1.54, 1.807) is 18.8 Å². The summed E-state index contributed by atoms with van der Waals surface area (Å²) in [5.74, 6) is 1.25. The van der Waals surface area contributed by atoms with Gasteiger partial charge in [-0.1, -0.05) is 30.8 Å². The summed E-state index contributed by atoms with van der Waals surface area (Å²) in [5, 5.41) is 4.07. The van der Waals surface area contributed by atoms with E-state index >= 15 is 0 Å². The number of benzene rings is 2. The highest BCUT2D eigenvalue weighted by Crippen LogP contribution is 2.29. The number of aromatic nitrogens is 2. The standard InChI is InChI=1S/C27H28BrN3O4S2/c1-5-18-14-19-25(37-18)30-27(36-15-24(32)29-21-8-6-16(2)12-20(21)28)31(26(19)33)11-10-17-7-9-22(34-3)23(13-17)35-4/h6-9,12-14H,5,10-11,15H2,1-4H3,(H,29,32). The van der Waals surface area contributed by atoms with Crippen LogP contribution in [0.5, 0.6) is 11.5 Å². The van der Waals surface area contributed by atoms with Crippen LogP contribution in [0.15, 0.2) is 56.9 Å². The minimum absolute atomic E-state index is 0.0920. The van der Waals surface area contributed by atoms with Crippen molar-refractivity contribution in [2.75, 3.05) is 25.3 Å². The molecule has 0 aliphatic carbocycles. The van der Waals surface area contributed by atoms with Crippen LogP contribution < -0.4 is 20.3 Å². The van der Waals surface area contributed by atoms with Gasteiger partial charge in [-0.15, -0.1) is 11.3 Å². The van der Waals surface area contributed by atoms with E-state index in [1.165, 1.54) is 23.1 Å². The number of thiophene rings is 1. The molecule has 10 heteroatoms. The highest BCUT2D eigenvalue weighted by molar-refractivity contribution is 9.10. The number of carbonyl (C=O) groups is 1. The summed E-state index contributed by atoms with van der Waals surface area (Å²) in [6.45, 7) is 4.47. The van der Waals surface area contributed by atoms with Gasteiger partial charge < -0.3 is 14.8 Å². The van der Waals surface area contributed by atoms with E-state index < -0.39 is 0 Å². The van der Waals surface area contributed by atoms with Crippen LogP contribution >= 0.6 is 39.0 Å². The maximum Gasteiger partial charge on any atom is 0.262 e. The molecule has 0 radical (unpaired) electrons. The zero-order chi connectivity index (χ0) is 26.5. The van der Waals surface area contributed by atoms with Crippen LogP contribution in [-0.4, -0.2) is 35.4 Å². The number of anilines is 1. The molecule has 0 fully saturated rings. The number of nitrogens with one attached hydrogen (secondary N) is 1. The Morgan fingerprint density at radius 2 is 1.92 bits per heavy atom. The van der Waals surface area contributed by atoms with Crippen molar-refractivity contribution in [2.24, 2.45) is 0 Å². The van der Waals surface area contributed by atoms with Crippen LogP contribution in [0, 0.1) is 6.92 Å². The normalized spacial score (nSPS) is 11.1. The number of hydrogen-bond donors (Lipinski definition) is 1. The average molecular weight is 603 g/mol. The topological polar surface area (TPSA) is 82.5 Å². The smallest absolute Gasteiger partial charge is 0.262 e. The van der Waals surface area contributed by atoms with Gasteiger partial charge in [0.1, 0.15) is 4.83 Å². The molecule has 0 bridgehead atoms. The van der Waals surface area contributed by atoms with Crippen molar-refractivity contribution in [2.45, 2.75) is 38.4 Å². The van der Waals surface area contributed by atoms with E-state index in [4.69, 9.17) is 14.5 Å². The number of fused-ring (bicyclic) bond motifs is 1. The fraction of sp³-hybridized carbons (Fsp3) is 0.296. The maximum atomic E-state index is 13.5. The van der Waals surface area contributed by atoms with Crippen molar-refractivity contribution >= 4 is 60.8 Å². The molecule has 37 heavy (non-hydrogen) atoms.